The first-order chi connectivity index (χ1) is 9.81. The van der Waals surface area contributed by atoms with Gasteiger partial charge in [0.15, 0.2) is 0 Å². The Morgan fingerprint density at radius 3 is 2.24 bits per heavy atom. The molecule has 0 aromatic heterocycles. The molecule has 21 heavy (non-hydrogen) atoms. The van der Waals surface area contributed by atoms with Crippen LogP contribution in [0.3, 0.4) is 0 Å². The molecule has 1 N–H and O–H groups in total. The van der Waals surface area contributed by atoms with Gasteiger partial charge in [0, 0.05) is 24.7 Å². The van der Waals surface area contributed by atoms with Gasteiger partial charge in [-0.25, -0.2) is 13.1 Å². The number of carbonyl (C=O) groups is 1. The van der Waals surface area contributed by atoms with Gasteiger partial charge in [0.1, 0.15) is 0 Å². The van der Waals surface area contributed by atoms with Crippen LogP contribution in [0.2, 0.25) is 0 Å². The van der Waals surface area contributed by atoms with Crippen LogP contribution in [0.1, 0.15) is 33.6 Å². The van der Waals surface area contributed by atoms with Crippen LogP contribution in [-0.4, -0.2) is 26.9 Å². The van der Waals surface area contributed by atoms with Crippen molar-refractivity contribution in [2.45, 2.75) is 44.6 Å². The third-order valence-corrected chi connectivity index (χ3v) is 5.45. The lowest BCUT2D eigenvalue weighted by atomic mass is 10.1. The predicted octanol–water partition coefficient (Wildman–Crippen LogP) is 2.14. The highest BCUT2D eigenvalue weighted by atomic mass is 32.2. The molecule has 1 aromatic carbocycles. The highest BCUT2D eigenvalue weighted by molar-refractivity contribution is 7.89. The van der Waals surface area contributed by atoms with Gasteiger partial charge in [-0.05, 0) is 43.5 Å². The van der Waals surface area contributed by atoms with Crippen LogP contribution in [0.25, 0.3) is 0 Å². The Hall–Kier alpha value is -1.40. The number of nitrogens with one attached hydrogen (secondary N) is 1. The Kier molecular flexibility index (Phi) is 4.68. The van der Waals surface area contributed by atoms with Crippen LogP contribution in [0.5, 0.6) is 0 Å². The Labute approximate surface area is 126 Å². The lowest BCUT2D eigenvalue weighted by Crippen LogP contribution is -2.36. The Morgan fingerprint density at radius 1 is 1.14 bits per heavy atom. The maximum absolute atomic E-state index is 12.3. The van der Waals surface area contributed by atoms with Crippen LogP contribution >= 0.6 is 0 Å². The van der Waals surface area contributed by atoms with E-state index in [2.05, 4.69) is 4.72 Å². The summed E-state index contributed by atoms with van der Waals surface area (Å²) in [5, 5.41) is 0. The summed E-state index contributed by atoms with van der Waals surface area (Å²) in [4.78, 5) is 13.6. The minimum atomic E-state index is -3.51. The van der Waals surface area contributed by atoms with E-state index in [0.29, 0.717) is 13.0 Å². The predicted molar refractivity (Wildman–Crippen MR) is 82.7 cm³/mol. The van der Waals surface area contributed by atoms with E-state index in [1.54, 1.807) is 29.2 Å². The number of carbonyl (C=O) groups excluding carboxylic acids is 1. The molecule has 2 rings (SSSR count). The van der Waals surface area contributed by atoms with E-state index in [1.165, 1.54) is 0 Å². The molecular formula is C15H22N2O3S. The molecule has 116 valence electrons. The minimum Gasteiger partial charge on any atom is -0.312 e. The quantitative estimate of drug-likeness (QED) is 0.906. The summed E-state index contributed by atoms with van der Waals surface area (Å²) in [5.41, 5.74) is 0.758. The maximum atomic E-state index is 12.3. The number of benzene rings is 1. The monoisotopic (exact) mass is 310 g/mol. The topological polar surface area (TPSA) is 66.5 Å². The lowest BCUT2D eigenvalue weighted by molar-refractivity contribution is -0.117. The molecule has 1 saturated heterocycles. The van der Waals surface area contributed by atoms with Crippen LogP contribution in [0.15, 0.2) is 29.2 Å². The van der Waals surface area contributed by atoms with Crippen LogP contribution in [0, 0.1) is 5.92 Å². The molecule has 0 bridgehead atoms. The van der Waals surface area contributed by atoms with Crippen molar-refractivity contribution in [1.82, 2.24) is 4.72 Å². The van der Waals surface area contributed by atoms with Crippen LogP contribution in [-0.2, 0) is 14.8 Å². The molecule has 1 aliphatic heterocycles. The molecule has 6 heteroatoms. The second kappa shape index (κ2) is 6.15. The van der Waals surface area contributed by atoms with Crippen molar-refractivity contribution in [3.05, 3.63) is 24.3 Å². The molecule has 1 atom stereocenters. The molecule has 0 saturated carbocycles. The summed E-state index contributed by atoms with van der Waals surface area (Å²) in [6, 6.07) is 6.36. The summed E-state index contributed by atoms with van der Waals surface area (Å²) < 4.78 is 27.2. The van der Waals surface area contributed by atoms with Gasteiger partial charge in [0.25, 0.3) is 0 Å². The number of amides is 1. The number of hydrogen-bond donors (Lipinski definition) is 1. The number of rotatable bonds is 5. The molecule has 0 spiro atoms. The average Bonchev–Trinajstić information content (AvgIpc) is 2.84. The lowest BCUT2D eigenvalue weighted by Gasteiger charge is -2.19. The van der Waals surface area contributed by atoms with Crippen molar-refractivity contribution in [1.29, 1.82) is 0 Å². The molecule has 1 unspecified atom stereocenters. The molecule has 1 amide bonds. The largest absolute Gasteiger partial charge is 0.312 e. The van der Waals surface area contributed by atoms with Crippen molar-refractivity contribution >= 4 is 21.6 Å². The second-order valence-electron chi connectivity index (χ2n) is 5.80. The van der Waals surface area contributed by atoms with E-state index in [0.717, 1.165) is 12.1 Å². The van der Waals surface area contributed by atoms with Gasteiger partial charge in [0.2, 0.25) is 15.9 Å². The van der Waals surface area contributed by atoms with E-state index in [4.69, 9.17) is 0 Å². The Bertz CT molecular complexity index is 608. The first-order valence-corrected chi connectivity index (χ1v) is 8.72. The van der Waals surface area contributed by atoms with E-state index in [-0.39, 0.29) is 22.8 Å². The molecule has 1 aromatic rings. The number of sulfonamides is 1. The van der Waals surface area contributed by atoms with Crippen molar-refractivity contribution in [2.24, 2.45) is 5.92 Å². The van der Waals surface area contributed by atoms with Crippen molar-refractivity contribution in [2.75, 3.05) is 11.4 Å². The summed E-state index contributed by atoms with van der Waals surface area (Å²) in [6.07, 6.45) is 1.42. The second-order valence-corrected chi connectivity index (χ2v) is 7.51. The number of nitrogens with zero attached hydrogens (tertiary/aromatic N) is 1. The molecule has 5 nitrogen and oxygen atoms in total. The third-order valence-electron chi connectivity index (χ3n) is 3.87. The number of hydrogen-bond acceptors (Lipinski definition) is 3. The first kappa shape index (κ1) is 16.0. The molecule has 1 fully saturated rings. The minimum absolute atomic E-state index is 0.0946. The van der Waals surface area contributed by atoms with Crippen LogP contribution in [0.4, 0.5) is 5.69 Å². The molecule has 0 aliphatic carbocycles. The summed E-state index contributed by atoms with van der Waals surface area (Å²) in [5.74, 6) is 0.318. The number of anilines is 1. The van der Waals surface area contributed by atoms with E-state index >= 15 is 0 Å². The summed E-state index contributed by atoms with van der Waals surface area (Å²) in [7, 11) is -3.51. The van der Waals surface area contributed by atoms with Crippen LogP contribution < -0.4 is 9.62 Å². The Balaban J connectivity index is 2.16. The normalized spacial score (nSPS) is 17.5. The van der Waals surface area contributed by atoms with E-state index < -0.39 is 10.0 Å². The van der Waals surface area contributed by atoms with Crippen molar-refractivity contribution in [3.63, 3.8) is 0 Å². The summed E-state index contributed by atoms with van der Waals surface area (Å²) in [6.45, 7) is 6.48. The zero-order valence-electron chi connectivity index (χ0n) is 12.7. The fraction of sp³-hybridized carbons (Fsp3) is 0.533. The molecule has 0 radical (unpaired) electrons. The fourth-order valence-electron chi connectivity index (χ4n) is 2.18. The maximum Gasteiger partial charge on any atom is 0.240 e. The molecular weight excluding hydrogens is 288 g/mol. The van der Waals surface area contributed by atoms with Gasteiger partial charge in [-0.2, -0.15) is 0 Å². The van der Waals surface area contributed by atoms with E-state index in [9.17, 15) is 13.2 Å². The van der Waals surface area contributed by atoms with Gasteiger partial charge < -0.3 is 4.90 Å². The van der Waals surface area contributed by atoms with E-state index in [1.807, 2.05) is 20.8 Å². The Morgan fingerprint density at radius 2 is 1.76 bits per heavy atom. The van der Waals surface area contributed by atoms with Gasteiger partial charge in [0.05, 0.1) is 4.90 Å². The van der Waals surface area contributed by atoms with Crippen molar-refractivity contribution in [3.8, 4) is 0 Å². The summed E-state index contributed by atoms with van der Waals surface area (Å²) >= 11 is 0. The molecule has 1 heterocycles. The average molecular weight is 310 g/mol. The van der Waals surface area contributed by atoms with Gasteiger partial charge in [-0.1, -0.05) is 13.8 Å². The highest BCUT2D eigenvalue weighted by Gasteiger charge is 2.23. The van der Waals surface area contributed by atoms with Gasteiger partial charge in [-0.15, -0.1) is 0 Å². The first-order valence-electron chi connectivity index (χ1n) is 7.24. The highest BCUT2D eigenvalue weighted by Crippen LogP contribution is 2.23. The third kappa shape index (κ3) is 3.63. The zero-order valence-corrected chi connectivity index (χ0v) is 13.5. The molecule has 1 aliphatic rings. The SMILES string of the molecule is CC(C)C(C)NS(=O)(=O)c1ccc(N2CCCC2=O)cc1. The van der Waals surface area contributed by atoms with Gasteiger partial charge in [-0.3, -0.25) is 4.79 Å². The smallest absolute Gasteiger partial charge is 0.240 e. The fourth-order valence-corrected chi connectivity index (χ4v) is 3.57. The van der Waals surface area contributed by atoms with Crippen molar-refractivity contribution < 1.29 is 13.2 Å². The standard InChI is InChI=1S/C15H22N2O3S/c1-11(2)12(3)16-21(19,20)14-8-6-13(7-9-14)17-10-4-5-15(17)18/h6-9,11-12,16H,4-5,10H2,1-3H3. The zero-order chi connectivity index (χ0) is 15.6. The van der Waals surface area contributed by atoms with Gasteiger partial charge >= 0.3 is 0 Å².